The van der Waals surface area contributed by atoms with Crippen LogP contribution in [0.25, 0.3) is 0 Å². The number of aliphatic hydroxyl groups is 1. The van der Waals surface area contributed by atoms with Gasteiger partial charge in [0, 0.05) is 5.92 Å². The summed E-state index contributed by atoms with van der Waals surface area (Å²) >= 11 is 0. The average Bonchev–Trinajstić information content (AvgIpc) is 2.28. The van der Waals surface area contributed by atoms with Crippen LogP contribution in [0.4, 0.5) is 0 Å². The molecule has 0 aromatic rings. The number of aliphatic hydroxyl groups excluding tert-OH is 1. The molecule has 1 fully saturated rings. The molecule has 1 nitrogen and oxygen atoms in total. The summed E-state index contributed by atoms with van der Waals surface area (Å²) in [6.45, 7) is 4.37. The van der Waals surface area contributed by atoms with E-state index < -0.39 is 6.10 Å². The monoisotopic (exact) mass is 152 g/mol. The second-order valence-corrected chi connectivity index (χ2v) is 4.10. The van der Waals surface area contributed by atoms with E-state index in [0.717, 1.165) is 6.42 Å². The molecule has 0 heterocycles. The molecule has 2 unspecified atom stereocenters. The summed E-state index contributed by atoms with van der Waals surface area (Å²) in [6.07, 6.45) is 8.12. The average molecular weight is 152 g/mol. The number of hydrogen-bond acceptors (Lipinski definition) is 1. The molecule has 1 heteroatoms. The van der Waals surface area contributed by atoms with Crippen molar-refractivity contribution in [1.29, 1.82) is 0 Å². The van der Waals surface area contributed by atoms with Crippen LogP contribution in [0.15, 0.2) is 0 Å². The van der Waals surface area contributed by atoms with Crippen molar-refractivity contribution in [1.82, 2.24) is 0 Å². The molecule has 0 amide bonds. The normalized spacial score (nSPS) is 31.3. The van der Waals surface area contributed by atoms with Gasteiger partial charge in [-0.3, -0.25) is 0 Å². The third kappa shape index (κ3) is 1.57. The minimum Gasteiger partial charge on any atom is -0.380 e. The van der Waals surface area contributed by atoms with Crippen LogP contribution in [0.3, 0.4) is 0 Å². The van der Waals surface area contributed by atoms with Gasteiger partial charge in [-0.15, -0.1) is 6.42 Å². The molecular formula is C10H16O. The van der Waals surface area contributed by atoms with Gasteiger partial charge in [0.25, 0.3) is 0 Å². The first-order valence-electron chi connectivity index (χ1n) is 4.22. The lowest BCUT2D eigenvalue weighted by atomic mass is 9.79. The van der Waals surface area contributed by atoms with E-state index in [9.17, 15) is 5.11 Å². The van der Waals surface area contributed by atoms with Crippen molar-refractivity contribution in [2.45, 2.75) is 39.2 Å². The number of hydrogen-bond donors (Lipinski definition) is 1. The van der Waals surface area contributed by atoms with Gasteiger partial charge in [0.05, 0.1) is 0 Å². The van der Waals surface area contributed by atoms with Crippen molar-refractivity contribution in [2.24, 2.45) is 11.3 Å². The van der Waals surface area contributed by atoms with E-state index in [0.29, 0.717) is 5.92 Å². The smallest absolute Gasteiger partial charge is 0.117 e. The van der Waals surface area contributed by atoms with Crippen LogP contribution in [-0.2, 0) is 0 Å². The Morgan fingerprint density at radius 3 is 2.64 bits per heavy atom. The Balaban J connectivity index is 2.66. The van der Waals surface area contributed by atoms with Crippen molar-refractivity contribution in [3.05, 3.63) is 0 Å². The van der Waals surface area contributed by atoms with Crippen LogP contribution in [0.2, 0.25) is 0 Å². The van der Waals surface area contributed by atoms with Gasteiger partial charge in [-0.25, -0.2) is 0 Å². The summed E-state index contributed by atoms with van der Waals surface area (Å²) in [6, 6.07) is 0. The summed E-state index contributed by atoms with van der Waals surface area (Å²) in [4.78, 5) is 0. The molecule has 2 atom stereocenters. The van der Waals surface area contributed by atoms with Gasteiger partial charge in [0.1, 0.15) is 6.10 Å². The first-order valence-corrected chi connectivity index (χ1v) is 4.22. The SMILES string of the molecule is C#CC(O)C1CCCC1(C)C. The molecule has 1 aliphatic carbocycles. The minimum absolute atomic E-state index is 0.242. The van der Waals surface area contributed by atoms with E-state index >= 15 is 0 Å². The maximum atomic E-state index is 9.46. The van der Waals surface area contributed by atoms with Gasteiger partial charge in [-0.1, -0.05) is 26.2 Å². The van der Waals surface area contributed by atoms with E-state index in [2.05, 4.69) is 19.8 Å². The lowest BCUT2D eigenvalue weighted by Crippen LogP contribution is -2.28. The van der Waals surface area contributed by atoms with Gasteiger partial charge in [-0.2, -0.15) is 0 Å². The molecular weight excluding hydrogens is 136 g/mol. The molecule has 1 rings (SSSR count). The third-order valence-corrected chi connectivity index (χ3v) is 2.89. The summed E-state index contributed by atoms with van der Waals surface area (Å²) in [5.74, 6) is 2.73. The van der Waals surface area contributed by atoms with Crippen molar-refractivity contribution >= 4 is 0 Å². The molecule has 1 saturated carbocycles. The second-order valence-electron chi connectivity index (χ2n) is 4.10. The highest BCUT2D eigenvalue weighted by molar-refractivity contribution is 5.02. The highest BCUT2D eigenvalue weighted by Gasteiger charge is 2.38. The quantitative estimate of drug-likeness (QED) is 0.568. The molecule has 1 aliphatic rings. The Morgan fingerprint density at radius 2 is 2.27 bits per heavy atom. The van der Waals surface area contributed by atoms with E-state index in [4.69, 9.17) is 6.42 Å². The van der Waals surface area contributed by atoms with Crippen molar-refractivity contribution in [3.63, 3.8) is 0 Å². The van der Waals surface area contributed by atoms with Crippen LogP contribution >= 0.6 is 0 Å². The van der Waals surface area contributed by atoms with Gasteiger partial charge in [-0.05, 0) is 18.3 Å². The van der Waals surface area contributed by atoms with Crippen LogP contribution in [0.1, 0.15) is 33.1 Å². The van der Waals surface area contributed by atoms with Crippen LogP contribution in [-0.4, -0.2) is 11.2 Å². The lowest BCUT2D eigenvalue weighted by molar-refractivity contribution is 0.0963. The van der Waals surface area contributed by atoms with Gasteiger partial charge in [0.2, 0.25) is 0 Å². The molecule has 0 aromatic carbocycles. The Morgan fingerprint density at radius 1 is 1.64 bits per heavy atom. The fraction of sp³-hybridized carbons (Fsp3) is 0.800. The van der Waals surface area contributed by atoms with Gasteiger partial charge >= 0.3 is 0 Å². The zero-order chi connectivity index (χ0) is 8.48. The molecule has 62 valence electrons. The predicted molar refractivity (Wildman–Crippen MR) is 46.0 cm³/mol. The molecule has 0 aliphatic heterocycles. The first kappa shape index (κ1) is 8.62. The summed E-state index contributed by atoms with van der Waals surface area (Å²) in [5, 5.41) is 9.46. The topological polar surface area (TPSA) is 20.2 Å². The molecule has 0 saturated heterocycles. The van der Waals surface area contributed by atoms with Crippen LogP contribution in [0, 0.1) is 23.7 Å². The predicted octanol–water partition coefficient (Wildman–Crippen LogP) is 1.81. The minimum atomic E-state index is -0.535. The second kappa shape index (κ2) is 2.87. The summed E-state index contributed by atoms with van der Waals surface area (Å²) in [5.41, 5.74) is 0.242. The van der Waals surface area contributed by atoms with Gasteiger partial charge < -0.3 is 5.11 Å². The van der Waals surface area contributed by atoms with Crippen LogP contribution in [0.5, 0.6) is 0 Å². The van der Waals surface area contributed by atoms with Crippen LogP contribution < -0.4 is 0 Å². The largest absolute Gasteiger partial charge is 0.380 e. The molecule has 1 N–H and O–H groups in total. The number of terminal acetylenes is 1. The fourth-order valence-corrected chi connectivity index (χ4v) is 2.06. The van der Waals surface area contributed by atoms with Gasteiger partial charge in [0.15, 0.2) is 0 Å². The standard InChI is InChI=1S/C10H16O/c1-4-9(11)8-6-5-7-10(8,2)3/h1,8-9,11H,5-7H2,2-3H3. The molecule has 0 aromatic heterocycles. The molecule has 11 heavy (non-hydrogen) atoms. The number of rotatable bonds is 1. The highest BCUT2D eigenvalue weighted by atomic mass is 16.3. The zero-order valence-corrected chi connectivity index (χ0v) is 7.30. The highest BCUT2D eigenvalue weighted by Crippen LogP contribution is 2.44. The molecule has 0 bridgehead atoms. The van der Waals surface area contributed by atoms with E-state index in [-0.39, 0.29) is 5.41 Å². The van der Waals surface area contributed by atoms with E-state index in [1.165, 1.54) is 12.8 Å². The first-order chi connectivity index (χ1) is 5.08. The Kier molecular flexibility index (Phi) is 2.25. The Labute approximate surface area is 68.8 Å². The van der Waals surface area contributed by atoms with E-state index in [1.807, 2.05) is 0 Å². The lowest BCUT2D eigenvalue weighted by Gasteiger charge is -2.28. The van der Waals surface area contributed by atoms with Crippen molar-refractivity contribution < 1.29 is 5.11 Å². The molecule has 0 spiro atoms. The summed E-state index contributed by atoms with van der Waals surface area (Å²) in [7, 11) is 0. The maximum Gasteiger partial charge on any atom is 0.117 e. The molecule has 0 radical (unpaired) electrons. The Hall–Kier alpha value is -0.480. The summed E-state index contributed by atoms with van der Waals surface area (Å²) < 4.78 is 0. The Bertz CT molecular complexity index is 176. The fourth-order valence-electron chi connectivity index (χ4n) is 2.06. The third-order valence-electron chi connectivity index (χ3n) is 2.89. The zero-order valence-electron chi connectivity index (χ0n) is 7.30. The maximum absolute atomic E-state index is 9.46. The van der Waals surface area contributed by atoms with Crippen molar-refractivity contribution in [2.75, 3.05) is 0 Å². The van der Waals surface area contributed by atoms with Crippen molar-refractivity contribution in [3.8, 4) is 12.3 Å². The van der Waals surface area contributed by atoms with E-state index in [1.54, 1.807) is 0 Å².